The Balaban J connectivity index is 1.30. The Hall–Kier alpha value is -2.14. The summed E-state index contributed by atoms with van der Waals surface area (Å²) in [6.45, 7) is 1.58. The van der Waals surface area contributed by atoms with Gasteiger partial charge in [0, 0.05) is 54.5 Å². The molecule has 1 aliphatic rings. The molecule has 2 N–H and O–H groups in total. The van der Waals surface area contributed by atoms with Gasteiger partial charge in [-0.05, 0) is 30.2 Å². The Kier molecular flexibility index (Phi) is 7.11. The minimum absolute atomic E-state index is 0.00824. The molecule has 1 fully saturated rings. The minimum Gasteiger partial charge on any atom is -0.384 e. The van der Waals surface area contributed by atoms with E-state index in [-0.39, 0.29) is 18.2 Å². The SMILES string of the molecule is COCCSc1nnc(NC(=O)C2CC(=O)N(CCc3c[nH]c4ccc(Cl)cc34)C2)s1. The molecule has 1 unspecified atom stereocenters. The number of likely N-dealkylation sites (tertiary alicyclic amines) is 1. The highest BCUT2D eigenvalue weighted by atomic mass is 35.5. The number of nitrogens with zero attached hydrogens (tertiary/aromatic N) is 3. The fraction of sp³-hybridized carbons (Fsp3) is 0.400. The van der Waals surface area contributed by atoms with Gasteiger partial charge in [-0.25, -0.2) is 0 Å². The van der Waals surface area contributed by atoms with Gasteiger partial charge in [0.15, 0.2) is 4.34 Å². The van der Waals surface area contributed by atoms with Crippen LogP contribution in [0.5, 0.6) is 0 Å². The Labute approximate surface area is 192 Å². The van der Waals surface area contributed by atoms with Gasteiger partial charge in [-0.3, -0.25) is 9.59 Å². The lowest BCUT2D eigenvalue weighted by Gasteiger charge is -2.16. The van der Waals surface area contributed by atoms with Crippen LogP contribution in [0.25, 0.3) is 10.9 Å². The molecule has 1 aliphatic heterocycles. The van der Waals surface area contributed by atoms with Crippen molar-refractivity contribution in [2.24, 2.45) is 5.92 Å². The third-order valence-electron chi connectivity index (χ3n) is 5.12. The largest absolute Gasteiger partial charge is 0.384 e. The van der Waals surface area contributed by atoms with Crippen molar-refractivity contribution in [1.29, 1.82) is 0 Å². The first-order valence-corrected chi connectivity index (χ1v) is 12.0. The summed E-state index contributed by atoms with van der Waals surface area (Å²) in [5.41, 5.74) is 2.12. The molecule has 0 aliphatic carbocycles. The van der Waals surface area contributed by atoms with E-state index in [4.69, 9.17) is 16.3 Å². The maximum atomic E-state index is 12.6. The van der Waals surface area contributed by atoms with E-state index in [1.165, 1.54) is 23.1 Å². The fourth-order valence-electron chi connectivity index (χ4n) is 3.52. The lowest BCUT2D eigenvalue weighted by molar-refractivity contribution is -0.128. The number of nitrogens with one attached hydrogen (secondary N) is 2. The van der Waals surface area contributed by atoms with Crippen LogP contribution in [-0.4, -0.2) is 64.5 Å². The van der Waals surface area contributed by atoms with Crippen molar-refractivity contribution in [2.45, 2.75) is 17.2 Å². The number of hydrogen-bond acceptors (Lipinski definition) is 7. The zero-order valence-electron chi connectivity index (χ0n) is 16.9. The number of benzene rings is 1. The van der Waals surface area contributed by atoms with Crippen LogP contribution in [0.1, 0.15) is 12.0 Å². The monoisotopic (exact) mass is 479 g/mol. The van der Waals surface area contributed by atoms with Gasteiger partial charge in [0.25, 0.3) is 0 Å². The first-order chi connectivity index (χ1) is 15.0. The maximum Gasteiger partial charge on any atom is 0.231 e. The van der Waals surface area contributed by atoms with Crippen molar-refractivity contribution in [2.75, 3.05) is 37.9 Å². The summed E-state index contributed by atoms with van der Waals surface area (Å²) in [4.78, 5) is 30.0. The van der Waals surface area contributed by atoms with Crippen LogP contribution in [0, 0.1) is 5.92 Å². The van der Waals surface area contributed by atoms with Crippen molar-refractivity contribution < 1.29 is 14.3 Å². The number of hydrogen-bond donors (Lipinski definition) is 2. The number of amides is 2. The number of thioether (sulfide) groups is 1. The third kappa shape index (κ3) is 5.38. The number of aromatic nitrogens is 3. The molecule has 1 atom stereocenters. The van der Waals surface area contributed by atoms with Crippen molar-refractivity contribution in [3.63, 3.8) is 0 Å². The summed E-state index contributed by atoms with van der Waals surface area (Å²) < 4.78 is 5.79. The number of anilines is 1. The van der Waals surface area contributed by atoms with E-state index in [0.717, 1.165) is 26.6 Å². The second-order valence-electron chi connectivity index (χ2n) is 7.20. The normalized spacial score (nSPS) is 16.4. The van der Waals surface area contributed by atoms with Gasteiger partial charge in [0.2, 0.25) is 16.9 Å². The van der Waals surface area contributed by atoms with E-state index < -0.39 is 5.92 Å². The lowest BCUT2D eigenvalue weighted by Crippen LogP contribution is -2.30. The first kappa shape index (κ1) is 22.1. The summed E-state index contributed by atoms with van der Waals surface area (Å²) in [7, 11) is 1.65. The predicted molar refractivity (Wildman–Crippen MR) is 123 cm³/mol. The third-order valence-corrected chi connectivity index (χ3v) is 7.29. The molecule has 11 heteroatoms. The van der Waals surface area contributed by atoms with Crippen molar-refractivity contribution in [3.05, 3.63) is 35.0 Å². The van der Waals surface area contributed by atoms with E-state index in [9.17, 15) is 9.59 Å². The highest BCUT2D eigenvalue weighted by molar-refractivity contribution is 8.01. The van der Waals surface area contributed by atoms with E-state index in [0.29, 0.717) is 36.3 Å². The fourth-order valence-corrected chi connectivity index (χ4v) is 5.41. The van der Waals surface area contributed by atoms with Gasteiger partial charge in [-0.1, -0.05) is 34.7 Å². The minimum atomic E-state index is -0.390. The highest BCUT2D eigenvalue weighted by Gasteiger charge is 2.34. The molecule has 164 valence electrons. The molecule has 1 saturated heterocycles. The zero-order chi connectivity index (χ0) is 21.8. The van der Waals surface area contributed by atoms with Crippen LogP contribution >= 0.6 is 34.7 Å². The lowest BCUT2D eigenvalue weighted by atomic mass is 10.1. The number of halogens is 1. The Morgan fingerprint density at radius 3 is 3.16 bits per heavy atom. The van der Waals surface area contributed by atoms with Crippen molar-refractivity contribution in [1.82, 2.24) is 20.1 Å². The number of methoxy groups -OCH3 is 1. The quantitative estimate of drug-likeness (QED) is 0.277. The molecule has 0 radical (unpaired) electrons. The number of ether oxygens (including phenoxy) is 1. The Morgan fingerprint density at radius 2 is 2.32 bits per heavy atom. The van der Waals surface area contributed by atoms with Gasteiger partial charge in [-0.15, -0.1) is 10.2 Å². The van der Waals surface area contributed by atoms with E-state index in [1.54, 1.807) is 12.0 Å². The number of carbonyl (C=O) groups excluding carboxylic acids is 2. The average molecular weight is 480 g/mol. The molecular weight excluding hydrogens is 458 g/mol. The molecule has 3 heterocycles. The van der Waals surface area contributed by atoms with Crippen LogP contribution in [0.4, 0.5) is 5.13 Å². The Bertz CT molecular complexity index is 1090. The van der Waals surface area contributed by atoms with Crippen LogP contribution in [0.2, 0.25) is 5.02 Å². The smallest absolute Gasteiger partial charge is 0.231 e. The number of carbonyl (C=O) groups is 2. The molecule has 0 saturated carbocycles. The van der Waals surface area contributed by atoms with Gasteiger partial charge < -0.3 is 19.9 Å². The zero-order valence-corrected chi connectivity index (χ0v) is 19.3. The van der Waals surface area contributed by atoms with Gasteiger partial charge in [-0.2, -0.15) is 0 Å². The second kappa shape index (κ2) is 9.99. The Morgan fingerprint density at radius 1 is 1.45 bits per heavy atom. The van der Waals surface area contributed by atoms with Crippen LogP contribution in [0.3, 0.4) is 0 Å². The molecule has 3 aromatic rings. The molecule has 4 rings (SSSR count). The van der Waals surface area contributed by atoms with E-state index >= 15 is 0 Å². The molecule has 8 nitrogen and oxygen atoms in total. The average Bonchev–Trinajstić information content (AvgIpc) is 3.45. The maximum absolute atomic E-state index is 12.6. The number of H-pyrrole nitrogens is 1. The van der Waals surface area contributed by atoms with E-state index in [1.807, 2.05) is 24.4 Å². The highest BCUT2D eigenvalue weighted by Crippen LogP contribution is 2.27. The van der Waals surface area contributed by atoms with Gasteiger partial charge in [0.1, 0.15) is 0 Å². The number of aromatic amines is 1. The van der Waals surface area contributed by atoms with Crippen molar-refractivity contribution in [3.8, 4) is 0 Å². The molecule has 31 heavy (non-hydrogen) atoms. The summed E-state index contributed by atoms with van der Waals surface area (Å²) in [6, 6.07) is 5.71. The molecule has 0 spiro atoms. The predicted octanol–water partition coefficient (Wildman–Crippen LogP) is 3.44. The molecular formula is C20H22ClN5O3S2. The van der Waals surface area contributed by atoms with Crippen LogP contribution in [0.15, 0.2) is 28.7 Å². The summed E-state index contributed by atoms with van der Waals surface area (Å²) in [5, 5.41) is 13.1. The first-order valence-electron chi connectivity index (χ1n) is 9.83. The molecule has 0 bridgehead atoms. The molecule has 2 amide bonds. The van der Waals surface area contributed by atoms with Gasteiger partial charge in [0.05, 0.1) is 12.5 Å². The van der Waals surface area contributed by atoms with Gasteiger partial charge >= 0.3 is 0 Å². The summed E-state index contributed by atoms with van der Waals surface area (Å²) in [6.07, 6.45) is 2.85. The van der Waals surface area contributed by atoms with Crippen LogP contribution in [-0.2, 0) is 20.7 Å². The summed E-state index contributed by atoms with van der Waals surface area (Å²) in [5.74, 6) is 0.178. The van der Waals surface area contributed by atoms with Crippen LogP contribution < -0.4 is 5.32 Å². The molecule has 1 aromatic carbocycles. The van der Waals surface area contributed by atoms with E-state index in [2.05, 4.69) is 20.5 Å². The second-order valence-corrected chi connectivity index (χ2v) is 9.95. The molecule has 2 aromatic heterocycles. The number of rotatable bonds is 9. The standard InChI is InChI=1S/C20H22ClN5O3S2/c1-29-6-7-30-20-25-24-19(31-20)23-18(28)13-8-17(27)26(11-13)5-4-12-10-22-16-3-2-14(21)9-15(12)16/h2-3,9-10,13,22H,4-8,11H2,1H3,(H,23,24,28). The van der Waals surface area contributed by atoms with Crippen molar-refractivity contribution >= 4 is 62.5 Å². The number of fused-ring (bicyclic) bond motifs is 1. The topological polar surface area (TPSA) is 100 Å². The summed E-state index contributed by atoms with van der Waals surface area (Å²) >= 11 is 8.96.